The summed E-state index contributed by atoms with van der Waals surface area (Å²) in [6, 6.07) is 10.2. The molecule has 0 aliphatic heterocycles. The molecule has 3 rings (SSSR count). The first-order valence-electron chi connectivity index (χ1n) is 6.34. The first-order chi connectivity index (χ1) is 9.28. The maximum Gasteiger partial charge on any atom is 0.268 e. The Bertz CT molecular complexity index is 712. The number of hydrogen-bond acceptors (Lipinski definition) is 3. The van der Waals surface area contributed by atoms with Gasteiger partial charge in [0.1, 0.15) is 17.5 Å². The Morgan fingerprint density at radius 1 is 1.32 bits per heavy atom. The number of benzene rings is 1. The molecule has 0 saturated heterocycles. The summed E-state index contributed by atoms with van der Waals surface area (Å²) >= 11 is 0. The summed E-state index contributed by atoms with van der Waals surface area (Å²) in [7, 11) is 0. The highest BCUT2D eigenvalue weighted by molar-refractivity contribution is 5.32. The molecular weight excluding hydrogens is 238 g/mol. The van der Waals surface area contributed by atoms with Crippen LogP contribution in [-0.4, -0.2) is 9.97 Å². The molecule has 1 heterocycles. The lowest BCUT2D eigenvalue weighted by molar-refractivity contribution is 0.553. The molecule has 0 saturated carbocycles. The van der Waals surface area contributed by atoms with Crippen LogP contribution in [0, 0.1) is 11.3 Å². The van der Waals surface area contributed by atoms with Crippen molar-refractivity contribution >= 4 is 0 Å². The van der Waals surface area contributed by atoms with E-state index in [-0.39, 0.29) is 17.0 Å². The monoisotopic (exact) mass is 251 g/mol. The quantitative estimate of drug-likeness (QED) is 0.841. The van der Waals surface area contributed by atoms with Gasteiger partial charge in [-0.2, -0.15) is 5.26 Å². The Balaban J connectivity index is 1.92. The zero-order valence-corrected chi connectivity index (χ0v) is 10.4. The number of nitriles is 1. The second kappa shape index (κ2) is 4.69. The van der Waals surface area contributed by atoms with Gasteiger partial charge in [0.25, 0.3) is 5.56 Å². The van der Waals surface area contributed by atoms with E-state index in [4.69, 9.17) is 5.26 Å². The van der Waals surface area contributed by atoms with Crippen molar-refractivity contribution in [3.8, 4) is 6.07 Å². The van der Waals surface area contributed by atoms with Crippen LogP contribution in [0.3, 0.4) is 0 Å². The van der Waals surface area contributed by atoms with Crippen molar-refractivity contribution in [1.82, 2.24) is 9.97 Å². The van der Waals surface area contributed by atoms with Crippen LogP contribution in [0.4, 0.5) is 0 Å². The van der Waals surface area contributed by atoms with Crippen LogP contribution in [0.25, 0.3) is 0 Å². The highest BCUT2D eigenvalue weighted by Gasteiger charge is 2.21. The van der Waals surface area contributed by atoms with E-state index in [0.717, 1.165) is 19.3 Å². The number of nitrogens with one attached hydrogen (secondary N) is 1. The highest BCUT2D eigenvalue weighted by atomic mass is 16.1. The summed E-state index contributed by atoms with van der Waals surface area (Å²) in [5.41, 5.74) is 2.44. The van der Waals surface area contributed by atoms with Crippen molar-refractivity contribution in [3.05, 3.63) is 63.3 Å². The van der Waals surface area contributed by atoms with E-state index in [9.17, 15) is 4.79 Å². The lowest BCUT2D eigenvalue weighted by Crippen LogP contribution is -2.20. The van der Waals surface area contributed by atoms with E-state index < -0.39 is 0 Å². The minimum Gasteiger partial charge on any atom is -0.309 e. The second-order valence-corrected chi connectivity index (χ2v) is 4.83. The summed E-state index contributed by atoms with van der Waals surface area (Å²) < 4.78 is 0. The third-order valence-corrected chi connectivity index (χ3v) is 3.67. The molecule has 1 N–H and O–H groups in total. The molecule has 1 aliphatic carbocycles. The Labute approximate surface area is 110 Å². The van der Waals surface area contributed by atoms with E-state index in [1.165, 1.54) is 17.3 Å². The van der Waals surface area contributed by atoms with E-state index in [2.05, 4.69) is 28.2 Å². The fourth-order valence-corrected chi connectivity index (χ4v) is 2.63. The number of H-pyrrole nitrogens is 1. The third kappa shape index (κ3) is 2.15. The molecule has 94 valence electrons. The van der Waals surface area contributed by atoms with Crippen molar-refractivity contribution in [2.45, 2.75) is 25.2 Å². The Hall–Kier alpha value is -2.41. The minimum absolute atomic E-state index is 0.0694. The van der Waals surface area contributed by atoms with Crippen molar-refractivity contribution in [2.24, 2.45) is 0 Å². The summed E-state index contributed by atoms with van der Waals surface area (Å²) in [6.07, 6.45) is 4.25. The molecule has 0 radical (unpaired) electrons. The highest BCUT2D eigenvalue weighted by Crippen LogP contribution is 2.30. The van der Waals surface area contributed by atoms with Crippen LogP contribution in [0.2, 0.25) is 0 Å². The van der Waals surface area contributed by atoms with E-state index in [0.29, 0.717) is 5.82 Å². The lowest BCUT2D eigenvalue weighted by Gasteiger charge is -2.23. The molecule has 1 aliphatic rings. The van der Waals surface area contributed by atoms with Gasteiger partial charge in [0.2, 0.25) is 0 Å². The summed E-state index contributed by atoms with van der Waals surface area (Å²) in [5.74, 6) is 0.925. The molecule has 1 aromatic heterocycles. The summed E-state index contributed by atoms with van der Waals surface area (Å²) in [4.78, 5) is 18.6. The van der Waals surface area contributed by atoms with Crippen LogP contribution in [0.1, 0.15) is 34.9 Å². The van der Waals surface area contributed by atoms with Crippen molar-refractivity contribution in [3.63, 3.8) is 0 Å². The van der Waals surface area contributed by atoms with Crippen LogP contribution >= 0.6 is 0 Å². The van der Waals surface area contributed by atoms with Gasteiger partial charge in [-0.1, -0.05) is 24.3 Å². The average molecular weight is 251 g/mol. The maximum atomic E-state index is 11.6. The number of aromatic nitrogens is 2. The molecule has 1 aromatic carbocycles. The van der Waals surface area contributed by atoms with Gasteiger partial charge < -0.3 is 4.98 Å². The fourth-order valence-electron chi connectivity index (χ4n) is 2.63. The number of hydrogen-bond donors (Lipinski definition) is 1. The number of fused-ring (bicyclic) bond motifs is 1. The number of aryl methyl sites for hydroxylation is 1. The molecule has 0 fully saturated rings. The smallest absolute Gasteiger partial charge is 0.268 e. The van der Waals surface area contributed by atoms with Gasteiger partial charge in [-0.3, -0.25) is 4.79 Å². The summed E-state index contributed by atoms with van der Waals surface area (Å²) in [5, 5.41) is 8.74. The largest absolute Gasteiger partial charge is 0.309 e. The topological polar surface area (TPSA) is 69.5 Å². The van der Waals surface area contributed by atoms with Gasteiger partial charge in [0, 0.05) is 5.92 Å². The van der Waals surface area contributed by atoms with Gasteiger partial charge in [0.15, 0.2) is 0 Å². The zero-order valence-electron chi connectivity index (χ0n) is 10.4. The Morgan fingerprint density at radius 3 is 2.84 bits per heavy atom. The number of rotatable bonds is 1. The van der Waals surface area contributed by atoms with Gasteiger partial charge in [0.05, 0.1) is 6.20 Å². The molecule has 0 spiro atoms. The van der Waals surface area contributed by atoms with Gasteiger partial charge in [-0.15, -0.1) is 0 Å². The van der Waals surface area contributed by atoms with Crippen LogP contribution in [-0.2, 0) is 12.8 Å². The molecular formula is C15H13N3O. The summed E-state index contributed by atoms with van der Waals surface area (Å²) in [6.45, 7) is 0. The van der Waals surface area contributed by atoms with Crippen molar-refractivity contribution in [1.29, 1.82) is 5.26 Å². The third-order valence-electron chi connectivity index (χ3n) is 3.67. The van der Waals surface area contributed by atoms with E-state index in [1.54, 1.807) is 0 Å². The van der Waals surface area contributed by atoms with Crippen molar-refractivity contribution < 1.29 is 0 Å². The van der Waals surface area contributed by atoms with Crippen LogP contribution < -0.4 is 5.56 Å². The van der Waals surface area contributed by atoms with E-state index in [1.807, 2.05) is 12.1 Å². The first kappa shape index (κ1) is 11.7. The van der Waals surface area contributed by atoms with Gasteiger partial charge in [-0.05, 0) is 30.4 Å². The zero-order chi connectivity index (χ0) is 13.2. The molecule has 1 atom stereocenters. The maximum absolute atomic E-state index is 11.6. The molecule has 4 nitrogen and oxygen atoms in total. The predicted molar refractivity (Wildman–Crippen MR) is 70.8 cm³/mol. The predicted octanol–water partition coefficient (Wildman–Crippen LogP) is 1.91. The Morgan fingerprint density at radius 2 is 2.11 bits per heavy atom. The molecule has 19 heavy (non-hydrogen) atoms. The number of nitrogens with zero attached hydrogens (tertiary/aromatic N) is 2. The van der Waals surface area contributed by atoms with E-state index >= 15 is 0 Å². The molecule has 0 amide bonds. The minimum atomic E-state index is -0.341. The first-order valence-corrected chi connectivity index (χ1v) is 6.34. The van der Waals surface area contributed by atoms with Crippen molar-refractivity contribution in [2.75, 3.05) is 0 Å². The van der Waals surface area contributed by atoms with Crippen LogP contribution in [0.5, 0.6) is 0 Å². The Kier molecular flexibility index (Phi) is 2.88. The molecule has 4 heteroatoms. The molecule has 0 bridgehead atoms. The van der Waals surface area contributed by atoms with Gasteiger partial charge >= 0.3 is 0 Å². The number of aromatic amines is 1. The molecule has 2 aromatic rings. The fraction of sp³-hybridized carbons (Fsp3) is 0.267. The molecule has 1 unspecified atom stereocenters. The second-order valence-electron chi connectivity index (χ2n) is 4.83. The normalized spacial score (nSPS) is 17.5. The van der Waals surface area contributed by atoms with Crippen LogP contribution in [0.15, 0.2) is 35.3 Å². The standard InChI is InChI=1S/C15H13N3O/c16-8-13-9-17-14(18-15(13)19)12-6-5-10-3-1-2-4-11(10)7-12/h1-4,9,12H,5-7H2,(H,17,18,19). The SMILES string of the molecule is N#Cc1cnc(C2CCc3ccccc3C2)[nH]c1=O. The average Bonchev–Trinajstić information content (AvgIpc) is 2.46. The lowest BCUT2D eigenvalue weighted by atomic mass is 9.83. The van der Waals surface area contributed by atoms with Gasteiger partial charge in [-0.25, -0.2) is 4.98 Å².